The molecule has 0 heterocycles. The normalized spacial score (nSPS) is 10.7. The van der Waals surface area contributed by atoms with Crippen molar-refractivity contribution in [3.05, 3.63) is 0 Å². The van der Waals surface area contributed by atoms with Gasteiger partial charge < -0.3 is 0 Å². The van der Waals surface area contributed by atoms with Crippen LogP contribution in [0.5, 0.6) is 0 Å². The Morgan fingerprint density at radius 2 is 2.11 bits per heavy atom. The minimum Gasteiger partial charge on any atom is -0.288 e. The van der Waals surface area contributed by atoms with Gasteiger partial charge in [0.25, 0.3) is 0 Å². The summed E-state index contributed by atoms with van der Waals surface area (Å²) in [6.45, 7) is 1.18. The molecular formula is C4H7NO3P+. The van der Waals surface area contributed by atoms with Crippen molar-refractivity contribution in [2.45, 2.75) is 6.92 Å². The van der Waals surface area contributed by atoms with E-state index in [9.17, 15) is 9.36 Å². The Morgan fingerprint density at radius 1 is 1.67 bits per heavy atom. The fraction of sp³-hybridized carbons (Fsp3) is 0.500. The van der Waals surface area contributed by atoms with Gasteiger partial charge in [-0.3, -0.25) is 10.2 Å². The van der Waals surface area contributed by atoms with Gasteiger partial charge in [-0.05, 0) is 4.57 Å². The van der Waals surface area contributed by atoms with Crippen molar-refractivity contribution in [3.8, 4) is 0 Å². The van der Waals surface area contributed by atoms with Gasteiger partial charge in [0, 0.05) is 6.92 Å². The molecule has 0 saturated heterocycles. The summed E-state index contributed by atoms with van der Waals surface area (Å²) in [6, 6.07) is 0. The van der Waals surface area contributed by atoms with Crippen LogP contribution in [0, 0.1) is 5.41 Å². The predicted octanol–water partition coefficient (Wildman–Crippen LogP) is 0.941. The minimum atomic E-state index is -2.20. The van der Waals surface area contributed by atoms with E-state index in [0.29, 0.717) is 0 Å². The summed E-state index contributed by atoms with van der Waals surface area (Å²) in [5.74, 6) is -0.516. The molecule has 0 radical (unpaired) electrons. The molecule has 0 aliphatic heterocycles. The first-order valence-electron chi connectivity index (χ1n) is 2.20. The van der Waals surface area contributed by atoms with Crippen LogP contribution in [0.25, 0.3) is 0 Å². The molecule has 0 rings (SSSR count). The zero-order valence-corrected chi connectivity index (χ0v) is 6.07. The van der Waals surface area contributed by atoms with Crippen molar-refractivity contribution < 1.29 is 13.9 Å². The minimum absolute atomic E-state index is 0.465. The van der Waals surface area contributed by atoms with Crippen molar-refractivity contribution >= 4 is 19.3 Å². The molecule has 0 aliphatic carbocycles. The zero-order chi connectivity index (χ0) is 7.44. The standard InChI is InChI=1S/C4H7NO3P/c1-3(6)4(5)9(7)8-2/h5H,1-2H3/q+1. The second kappa shape index (κ2) is 3.43. The van der Waals surface area contributed by atoms with E-state index in [0.717, 1.165) is 0 Å². The van der Waals surface area contributed by atoms with Gasteiger partial charge in [0.15, 0.2) is 0 Å². The summed E-state index contributed by atoms with van der Waals surface area (Å²) >= 11 is 0. The molecule has 5 heteroatoms. The highest BCUT2D eigenvalue weighted by Crippen LogP contribution is 2.21. The number of hydrogen-bond acceptors (Lipinski definition) is 4. The SMILES string of the molecule is CO[P+](=O)C(=N)C(C)=O. The third kappa shape index (κ3) is 2.44. The molecule has 0 aromatic carbocycles. The Bertz CT molecular complexity index is 165. The molecule has 0 aromatic rings. The third-order valence-corrected chi connectivity index (χ3v) is 1.69. The van der Waals surface area contributed by atoms with Crippen molar-refractivity contribution in [3.63, 3.8) is 0 Å². The van der Waals surface area contributed by atoms with Crippen molar-refractivity contribution in [1.29, 1.82) is 5.41 Å². The van der Waals surface area contributed by atoms with E-state index in [4.69, 9.17) is 5.41 Å². The van der Waals surface area contributed by atoms with Gasteiger partial charge in [-0.1, -0.05) is 0 Å². The fourth-order valence-electron chi connectivity index (χ4n) is 0.220. The quantitative estimate of drug-likeness (QED) is 0.478. The van der Waals surface area contributed by atoms with Gasteiger partial charge in [-0.2, -0.15) is 0 Å². The summed E-state index contributed by atoms with van der Waals surface area (Å²) in [5.41, 5.74) is -0.465. The van der Waals surface area contributed by atoms with Gasteiger partial charge in [0.1, 0.15) is 0 Å². The highest BCUT2D eigenvalue weighted by atomic mass is 31.1. The Labute approximate surface area is 53.6 Å². The molecule has 0 bridgehead atoms. The lowest BCUT2D eigenvalue weighted by Crippen LogP contribution is -2.02. The van der Waals surface area contributed by atoms with Crippen LogP contribution in [-0.4, -0.2) is 18.3 Å². The van der Waals surface area contributed by atoms with E-state index in [2.05, 4.69) is 4.52 Å². The summed E-state index contributed by atoms with van der Waals surface area (Å²) in [5, 5.41) is 6.79. The van der Waals surface area contributed by atoms with E-state index < -0.39 is 19.3 Å². The van der Waals surface area contributed by atoms with Crippen LogP contribution in [0.15, 0.2) is 0 Å². The predicted molar refractivity (Wildman–Crippen MR) is 33.0 cm³/mol. The summed E-state index contributed by atoms with van der Waals surface area (Å²) in [7, 11) is -1.00. The molecule has 0 aliphatic rings. The summed E-state index contributed by atoms with van der Waals surface area (Å²) in [4.78, 5) is 10.3. The number of carbonyl (C=O) groups excluding carboxylic acids is 1. The lowest BCUT2D eigenvalue weighted by atomic mass is 10.5. The van der Waals surface area contributed by atoms with Gasteiger partial charge >= 0.3 is 13.5 Å². The number of nitrogens with one attached hydrogen (secondary N) is 1. The maximum atomic E-state index is 10.4. The highest BCUT2D eigenvalue weighted by Gasteiger charge is 2.28. The lowest BCUT2D eigenvalue weighted by molar-refractivity contribution is -0.110. The lowest BCUT2D eigenvalue weighted by Gasteiger charge is -1.77. The largest absolute Gasteiger partial charge is 0.572 e. The molecule has 0 aromatic heterocycles. The van der Waals surface area contributed by atoms with Crippen LogP contribution >= 0.6 is 8.03 Å². The third-order valence-electron chi connectivity index (χ3n) is 0.682. The maximum absolute atomic E-state index is 10.4. The van der Waals surface area contributed by atoms with Crippen molar-refractivity contribution in [2.24, 2.45) is 0 Å². The summed E-state index contributed by atoms with van der Waals surface area (Å²) in [6.07, 6.45) is 0. The first-order valence-corrected chi connectivity index (χ1v) is 3.38. The number of Topliss-reactive ketones (excluding diaryl/α,β-unsaturated/α-hetero) is 1. The van der Waals surface area contributed by atoms with Crippen molar-refractivity contribution in [2.75, 3.05) is 7.11 Å². The highest BCUT2D eigenvalue weighted by molar-refractivity contribution is 7.63. The second-order valence-electron chi connectivity index (χ2n) is 1.34. The molecule has 0 amide bonds. The molecule has 9 heavy (non-hydrogen) atoms. The van der Waals surface area contributed by atoms with E-state index in [1.165, 1.54) is 14.0 Å². The average molecular weight is 148 g/mol. The number of hydrogen-bond donors (Lipinski definition) is 1. The van der Waals surface area contributed by atoms with E-state index in [-0.39, 0.29) is 0 Å². The van der Waals surface area contributed by atoms with Crippen LogP contribution in [0.4, 0.5) is 0 Å². The average Bonchev–Trinajstić information content (AvgIpc) is 1.84. The van der Waals surface area contributed by atoms with Gasteiger partial charge in [0.2, 0.25) is 5.78 Å². The molecule has 0 fully saturated rings. The molecule has 0 spiro atoms. The number of carbonyl (C=O) groups is 1. The Kier molecular flexibility index (Phi) is 3.20. The monoisotopic (exact) mass is 148 g/mol. The molecule has 0 saturated carbocycles. The van der Waals surface area contributed by atoms with Crippen LogP contribution < -0.4 is 0 Å². The van der Waals surface area contributed by atoms with Crippen LogP contribution in [0.1, 0.15) is 6.92 Å². The van der Waals surface area contributed by atoms with Crippen LogP contribution in [0.3, 0.4) is 0 Å². The Morgan fingerprint density at radius 3 is 2.22 bits per heavy atom. The maximum Gasteiger partial charge on any atom is 0.572 e. The second-order valence-corrected chi connectivity index (χ2v) is 2.67. The first-order chi connectivity index (χ1) is 4.09. The van der Waals surface area contributed by atoms with Gasteiger partial charge in [0.05, 0.1) is 7.11 Å². The zero-order valence-electron chi connectivity index (χ0n) is 5.17. The number of ketones is 1. The van der Waals surface area contributed by atoms with E-state index in [1.807, 2.05) is 0 Å². The molecular weight excluding hydrogens is 141 g/mol. The van der Waals surface area contributed by atoms with Gasteiger partial charge in [-0.25, -0.2) is 0 Å². The first kappa shape index (κ1) is 8.40. The van der Waals surface area contributed by atoms with E-state index >= 15 is 0 Å². The van der Waals surface area contributed by atoms with Gasteiger partial charge in [-0.15, -0.1) is 4.52 Å². The Hall–Kier alpha value is -0.600. The molecule has 50 valence electrons. The molecule has 1 atom stereocenters. The topological polar surface area (TPSA) is 67.2 Å². The fourth-order valence-corrected chi connectivity index (χ4v) is 0.660. The molecule has 1 N–H and O–H groups in total. The van der Waals surface area contributed by atoms with Crippen molar-refractivity contribution in [1.82, 2.24) is 0 Å². The van der Waals surface area contributed by atoms with Crippen LogP contribution in [0.2, 0.25) is 0 Å². The van der Waals surface area contributed by atoms with Crippen LogP contribution in [-0.2, 0) is 13.9 Å². The molecule has 4 nitrogen and oxygen atoms in total. The smallest absolute Gasteiger partial charge is 0.288 e. The van der Waals surface area contributed by atoms with E-state index in [1.54, 1.807) is 0 Å². The Balaban J connectivity index is 4.05. The summed E-state index contributed by atoms with van der Waals surface area (Å²) < 4.78 is 14.7. The number of rotatable bonds is 3. The molecule has 1 unspecified atom stereocenters.